The summed E-state index contributed by atoms with van der Waals surface area (Å²) in [6, 6.07) is 1.44. The number of aromatic amines is 1. The second kappa shape index (κ2) is 2.85. The summed E-state index contributed by atoms with van der Waals surface area (Å²) in [5.41, 5.74) is 1.09. The lowest BCUT2D eigenvalue weighted by atomic mass is 10.2. The molecule has 0 aromatic carbocycles. The van der Waals surface area contributed by atoms with E-state index in [0.717, 1.165) is 12.8 Å². The summed E-state index contributed by atoms with van der Waals surface area (Å²) in [6.45, 7) is 0.676. The number of carbonyl (C=O) groups is 2. The third-order valence-electron chi connectivity index (χ3n) is 3.04. The van der Waals surface area contributed by atoms with Crippen molar-refractivity contribution in [3.63, 3.8) is 0 Å². The molecule has 2 aliphatic rings. The van der Waals surface area contributed by atoms with Gasteiger partial charge >= 0.3 is 0 Å². The van der Waals surface area contributed by atoms with Crippen LogP contribution in [0.4, 0.5) is 5.69 Å². The first-order valence-corrected chi connectivity index (χ1v) is 5.06. The molecule has 2 N–H and O–H groups in total. The van der Waals surface area contributed by atoms with Crippen LogP contribution < -0.4 is 5.32 Å². The zero-order chi connectivity index (χ0) is 10.4. The van der Waals surface area contributed by atoms with Crippen molar-refractivity contribution in [2.45, 2.75) is 18.9 Å². The molecular weight excluding hydrogens is 194 g/mol. The fraction of sp³-hybridized carbons (Fsp3) is 0.400. The SMILES string of the molecule is O=C1Nc2cc[nH]c2C(=O)N2CCCC12. The number of nitrogens with zero attached hydrogens (tertiary/aromatic N) is 1. The van der Waals surface area contributed by atoms with Crippen LogP contribution in [0.5, 0.6) is 0 Å². The molecule has 15 heavy (non-hydrogen) atoms. The molecule has 3 heterocycles. The molecule has 1 atom stereocenters. The summed E-state index contributed by atoms with van der Waals surface area (Å²) in [6.07, 6.45) is 3.33. The predicted octanol–water partition coefficient (Wildman–Crippen LogP) is 0.571. The summed E-state index contributed by atoms with van der Waals surface area (Å²) in [5, 5.41) is 2.77. The van der Waals surface area contributed by atoms with Crippen molar-refractivity contribution in [1.82, 2.24) is 9.88 Å². The van der Waals surface area contributed by atoms with Gasteiger partial charge < -0.3 is 15.2 Å². The minimum absolute atomic E-state index is 0.0702. The van der Waals surface area contributed by atoms with Crippen molar-refractivity contribution in [2.24, 2.45) is 0 Å². The Balaban J connectivity index is 2.09. The van der Waals surface area contributed by atoms with Crippen LogP contribution in [0.3, 0.4) is 0 Å². The Kier molecular flexibility index (Phi) is 1.62. The van der Waals surface area contributed by atoms with Gasteiger partial charge in [-0.2, -0.15) is 0 Å². The van der Waals surface area contributed by atoms with Crippen LogP contribution in [0.25, 0.3) is 0 Å². The number of carbonyl (C=O) groups excluding carboxylic acids is 2. The first kappa shape index (κ1) is 8.52. The number of hydrogen-bond donors (Lipinski definition) is 2. The van der Waals surface area contributed by atoms with Crippen molar-refractivity contribution in [1.29, 1.82) is 0 Å². The van der Waals surface area contributed by atoms with Crippen molar-refractivity contribution in [2.75, 3.05) is 11.9 Å². The van der Waals surface area contributed by atoms with E-state index in [-0.39, 0.29) is 17.9 Å². The topological polar surface area (TPSA) is 65.2 Å². The highest BCUT2D eigenvalue weighted by molar-refractivity contribution is 6.09. The van der Waals surface area contributed by atoms with E-state index in [1.54, 1.807) is 17.2 Å². The fourth-order valence-electron chi connectivity index (χ4n) is 2.29. The van der Waals surface area contributed by atoms with Crippen LogP contribution in [0, 0.1) is 0 Å². The number of rotatable bonds is 0. The van der Waals surface area contributed by atoms with Gasteiger partial charge in [-0.3, -0.25) is 9.59 Å². The number of aromatic nitrogens is 1. The molecule has 0 spiro atoms. The van der Waals surface area contributed by atoms with Crippen LogP contribution in [0.2, 0.25) is 0 Å². The maximum atomic E-state index is 12.0. The van der Waals surface area contributed by atoms with Gasteiger partial charge in [0.1, 0.15) is 11.7 Å². The lowest BCUT2D eigenvalue weighted by Crippen LogP contribution is -2.40. The highest BCUT2D eigenvalue weighted by atomic mass is 16.2. The molecule has 0 bridgehead atoms. The zero-order valence-electron chi connectivity index (χ0n) is 8.12. The minimum atomic E-state index is -0.279. The van der Waals surface area contributed by atoms with Crippen LogP contribution >= 0.6 is 0 Å². The molecule has 2 aliphatic heterocycles. The normalized spacial score (nSPS) is 24.5. The Morgan fingerprint density at radius 1 is 1.40 bits per heavy atom. The van der Waals surface area contributed by atoms with Gasteiger partial charge in [-0.1, -0.05) is 0 Å². The summed E-state index contributed by atoms with van der Waals surface area (Å²) in [7, 11) is 0. The molecular formula is C10H11N3O2. The lowest BCUT2D eigenvalue weighted by Gasteiger charge is -2.19. The van der Waals surface area contributed by atoms with Crippen LogP contribution in [-0.4, -0.2) is 34.3 Å². The maximum absolute atomic E-state index is 12.0. The molecule has 1 aromatic rings. The number of fused-ring (bicyclic) bond motifs is 2. The maximum Gasteiger partial charge on any atom is 0.273 e. The fourth-order valence-corrected chi connectivity index (χ4v) is 2.29. The average molecular weight is 205 g/mol. The van der Waals surface area contributed by atoms with Crippen molar-refractivity contribution >= 4 is 17.5 Å². The zero-order valence-corrected chi connectivity index (χ0v) is 8.12. The predicted molar refractivity (Wildman–Crippen MR) is 53.5 cm³/mol. The highest BCUT2D eigenvalue weighted by Crippen LogP contribution is 2.27. The molecule has 1 aromatic heterocycles. The van der Waals surface area contributed by atoms with Gasteiger partial charge in [-0.15, -0.1) is 0 Å². The van der Waals surface area contributed by atoms with E-state index in [9.17, 15) is 9.59 Å². The Hall–Kier alpha value is -1.78. The Bertz CT molecular complexity index is 438. The number of hydrogen-bond acceptors (Lipinski definition) is 2. The Morgan fingerprint density at radius 3 is 3.13 bits per heavy atom. The molecule has 0 saturated carbocycles. The molecule has 3 rings (SSSR count). The summed E-state index contributed by atoms with van der Waals surface area (Å²) >= 11 is 0. The number of nitrogens with one attached hydrogen (secondary N) is 2. The van der Waals surface area contributed by atoms with Gasteiger partial charge in [0.05, 0.1) is 5.69 Å². The van der Waals surface area contributed by atoms with Gasteiger partial charge in [0.15, 0.2) is 0 Å². The second-order valence-electron chi connectivity index (χ2n) is 3.91. The van der Waals surface area contributed by atoms with Crippen LogP contribution in [0.1, 0.15) is 23.3 Å². The van der Waals surface area contributed by atoms with E-state index in [2.05, 4.69) is 10.3 Å². The van der Waals surface area contributed by atoms with Crippen molar-refractivity contribution in [3.8, 4) is 0 Å². The number of amides is 2. The first-order chi connectivity index (χ1) is 7.27. The third kappa shape index (κ3) is 1.09. The molecule has 5 nitrogen and oxygen atoms in total. The number of H-pyrrole nitrogens is 1. The molecule has 5 heteroatoms. The van der Waals surface area contributed by atoms with E-state index in [1.807, 2.05) is 0 Å². The second-order valence-corrected chi connectivity index (χ2v) is 3.91. The van der Waals surface area contributed by atoms with E-state index in [0.29, 0.717) is 17.9 Å². The molecule has 1 unspecified atom stereocenters. The van der Waals surface area contributed by atoms with E-state index in [4.69, 9.17) is 0 Å². The quantitative estimate of drug-likeness (QED) is 0.650. The monoisotopic (exact) mass is 205 g/mol. The summed E-state index contributed by atoms with van der Waals surface area (Å²) in [5.74, 6) is -0.143. The molecule has 1 saturated heterocycles. The van der Waals surface area contributed by atoms with Gasteiger partial charge in [0.25, 0.3) is 5.91 Å². The summed E-state index contributed by atoms with van der Waals surface area (Å²) in [4.78, 5) is 28.3. The van der Waals surface area contributed by atoms with Gasteiger partial charge in [-0.05, 0) is 18.9 Å². The van der Waals surface area contributed by atoms with Crippen molar-refractivity contribution < 1.29 is 9.59 Å². The van der Waals surface area contributed by atoms with Gasteiger partial charge in [0.2, 0.25) is 5.91 Å². The highest BCUT2D eigenvalue weighted by Gasteiger charge is 2.38. The lowest BCUT2D eigenvalue weighted by molar-refractivity contribution is -0.119. The molecule has 78 valence electrons. The largest absolute Gasteiger partial charge is 0.355 e. The van der Waals surface area contributed by atoms with Crippen molar-refractivity contribution in [3.05, 3.63) is 18.0 Å². The standard InChI is InChI=1S/C10H11N3O2/c14-9-7-2-1-5-13(7)10(15)8-6(12-9)3-4-11-8/h3-4,7,11H,1-2,5H2,(H,12,14). The van der Waals surface area contributed by atoms with Gasteiger partial charge in [-0.25, -0.2) is 0 Å². The van der Waals surface area contributed by atoms with E-state index in [1.165, 1.54) is 0 Å². The van der Waals surface area contributed by atoms with E-state index >= 15 is 0 Å². The van der Waals surface area contributed by atoms with E-state index < -0.39 is 0 Å². The molecule has 0 aliphatic carbocycles. The smallest absolute Gasteiger partial charge is 0.273 e. The molecule has 0 radical (unpaired) electrons. The minimum Gasteiger partial charge on any atom is -0.355 e. The van der Waals surface area contributed by atoms with Crippen LogP contribution in [-0.2, 0) is 4.79 Å². The summed E-state index contributed by atoms with van der Waals surface area (Å²) < 4.78 is 0. The number of anilines is 1. The molecule has 1 fully saturated rings. The van der Waals surface area contributed by atoms with Gasteiger partial charge in [0, 0.05) is 12.7 Å². The Morgan fingerprint density at radius 2 is 2.27 bits per heavy atom. The molecule has 2 amide bonds. The van der Waals surface area contributed by atoms with Crippen LogP contribution in [0.15, 0.2) is 12.3 Å². The average Bonchev–Trinajstić information content (AvgIpc) is 2.82. The first-order valence-electron chi connectivity index (χ1n) is 5.06. The Labute approximate surface area is 86.5 Å². The third-order valence-corrected chi connectivity index (χ3v) is 3.04.